The first kappa shape index (κ1) is 11.0. The summed E-state index contributed by atoms with van der Waals surface area (Å²) in [4.78, 5) is 11.1. The summed E-state index contributed by atoms with van der Waals surface area (Å²) in [6.45, 7) is 3.41. The smallest absolute Gasteiger partial charge is 0.328 e. The Bertz CT molecular complexity index is 350. The minimum Gasteiger partial charge on any atom is -0.425 e. The van der Waals surface area contributed by atoms with Gasteiger partial charge in [-0.15, -0.1) is 0 Å². The van der Waals surface area contributed by atoms with Crippen LogP contribution in [0.2, 0.25) is 5.02 Å². The highest BCUT2D eigenvalue weighted by Gasteiger charge is 2.10. The normalized spacial score (nSPS) is 12.3. The van der Waals surface area contributed by atoms with Crippen molar-refractivity contribution in [1.29, 1.82) is 0 Å². The molecule has 1 atom stereocenters. The number of rotatable bonds is 2. The van der Waals surface area contributed by atoms with Crippen LogP contribution in [0.3, 0.4) is 0 Å². The van der Waals surface area contributed by atoms with Gasteiger partial charge >= 0.3 is 5.97 Å². The molecule has 0 aliphatic rings. The van der Waals surface area contributed by atoms with Gasteiger partial charge < -0.3 is 10.5 Å². The number of hydrogen-bond donors (Lipinski definition) is 1. The number of esters is 1. The lowest BCUT2D eigenvalue weighted by atomic mass is 10.2. The zero-order chi connectivity index (χ0) is 10.7. The van der Waals surface area contributed by atoms with Gasteiger partial charge in [0.2, 0.25) is 0 Å². The number of aryl methyl sites for hydroxylation is 1. The van der Waals surface area contributed by atoms with Crippen LogP contribution in [0.4, 0.5) is 0 Å². The highest BCUT2D eigenvalue weighted by molar-refractivity contribution is 6.31. The standard InChI is InChI=1S/C10H12ClNO2/c1-6-5-8(3-4-9(6)11)14-10(13)7(2)12/h3-5,7H,12H2,1-2H3. The predicted octanol–water partition coefficient (Wildman–Crippen LogP) is 1.90. The van der Waals surface area contributed by atoms with Crippen molar-refractivity contribution in [2.45, 2.75) is 19.9 Å². The number of hydrogen-bond acceptors (Lipinski definition) is 3. The van der Waals surface area contributed by atoms with Crippen molar-refractivity contribution >= 4 is 17.6 Å². The molecule has 76 valence electrons. The molecular formula is C10H12ClNO2. The van der Waals surface area contributed by atoms with E-state index in [9.17, 15) is 4.79 Å². The summed E-state index contributed by atoms with van der Waals surface area (Å²) < 4.78 is 4.99. The van der Waals surface area contributed by atoms with E-state index in [1.54, 1.807) is 25.1 Å². The third-order valence-corrected chi connectivity index (χ3v) is 2.14. The van der Waals surface area contributed by atoms with Crippen LogP contribution >= 0.6 is 11.6 Å². The summed E-state index contributed by atoms with van der Waals surface area (Å²) in [5.41, 5.74) is 6.21. The average molecular weight is 214 g/mol. The first-order valence-electron chi connectivity index (χ1n) is 4.24. The molecule has 0 aliphatic heterocycles. The molecule has 0 heterocycles. The summed E-state index contributed by atoms with van der Waals surface area (Å²) in [6, 6.07) is 4.39. The maximum Gasteiger partial charge on any atom is 0.328 e. The summed E-state index contributed by atoms with van der Waals surface area (Å²) in [6.07, 6.45) is 0. The SMILES string of the molecule is Cc1cc(OC(=O)C(C)N)ccc1Cl. The van der Waals surface area contributed by atoms with Crippen molar-refractivity contribution in [3.8, 4) is 5.75 Å². The van der Waals surface area contributed by atoms with Gasteiger partial charge in [0.1, 0.15) is 11.8 Å². The van der Waals surface area contributed by atoms with E-state index < -0.39 is 12.0 Å². The number of ether oxygens (including phenoxy) is 1. The second kappa shape index (κ2) is 4.44. The van der Waals surface area contributed by atoms with Crippen molar-refractivity contribution < 1.29 is 9.53 Å². The van der Waals surface area contributed by atoms with Crippen LogP contribution in [-0.2, 0) is 4.79 Å². The van der Waals surface area contributed by atoms with Crippen LogP contribution in [0.1, 0.15) is 12.5 Å². The molecule has 0 aromatic heterocycles. The molecule has 0 fully saturated rings. The fourth-order valence-corrected chi connectivity index (χ4v) is 1.01. The monoisotopic (exact) mass is 213 g/mol. The Morgan fingerprint density at radius 1 is 1.57 bits per heavy atom. The average Bonchev–Trinajstić information content (AvgIpc) is 2.11. The number of nitrogens with two attached hydrogens (primary N) is 1. The molecule has 0 saturated heterocycles. The molecule has 1 aromatic carbocycles. The van der Waals surface area contributed by atoms with E-state index in [1.807, 2.05) is 6.92 Å². The maximum atomic E-state index is 11.1. The van der Waals surface area contributed by atoms with Gasteiger partial charge in [-0.25, -0.2) is 4.79 Å². The van der Waals surface area contributed by atoms with Gasteiger partial charge in [-0.1, -0.05) is 11.6 Å². The van der Waals surface area contributed by atoms with E-state index in [2.05, 4.69) is 0 Å². The van der Waals surface area contributed by atoms with Crippen LogP contribution in [0.25, 0.3) is 0 Å². The number of halogens is 1. The quantitative estimate of drug-likeness (QED) is 0.603. The minimum absolute atomic E-state index is 0.452. The van der Waals surface area contributed by atoms with E-state index in [0.29, 0.717) is 10.8 Å². The highest BCUT2D eigenvalue weighted by Crippen LogP contribution is 2.21. The zero-order valence-corrected chi connectivity index (χ0v) is 8.84. The Kier molecular flexibility index (Phi) is 3.49. The van der Waals surface area contributed by atoms with Crippen LogP contribution in [0.5, 0.6) is 5.75 Å². The van der Waals surface area contributed by atoms with E-state index in [1.165, 1.54) is 0 Å². The number of carbonyl (C=O) groups is 1. The fourth-order valence-electron chi connectivity index (χ4n) is 0.890. The lowest BCUT2D eigenvalue weighted by Crippen LogP contribution is -2.30. The Hall–Kier alpha value is -1.06. The van der Waals surface area contributed by atoms with Crippen molar-refractivity contribution in [2.75, 3.05) is 0 Å². The Balaban J connectivity index is 2.78. The van der Waals surface area contributed by atoms with Gasteiger partial charge in [-0.3, -0.25) is 0 Å². The maximum absolute atomic E-state index is 11.1. The molecule has 1 aromatic rings. The molecule has 14 heavy (non-hydrogen) atoms. The molecule has 0 saturated carbocycles. The van der Waals surface area contributed by atoms with E-state index in [4.69, 9.17) is 22.1 Å². The van der Waals surface area contributed by atoms with E-state index in [0.717, 1.165) is 5.56 Å². The van der Waals surface area contributed by atoms with Gasteiger partial charge in [0.25, 0.3) is 0 Å². The topological polar surface area (TPSA) is 52.3 Å². The molecule has 1 unspecified atom stereocenters. The number of benzene rings is 1. The Labute approximate surface area is 87.8 Å². The third kappa shape index (κ3) is 2.72. The summed E-state index contributed by atoms with van der Waals surface area (Å²) in [5, 5.41) is 0.644. The lowest BCUT2D eigenvalue weighted by Gasteiger charge is -2.07. The third-order valence-electron chi connectivity index (χ3n) is 1.72. The van der Waals surface area contributed by atoms with Gasteiger partial charge in [0.05, 0.1) is 0 Å². The van der Waals surface area contributed by atoms with Crippen LogP contribution < -0.4 is 10.5 Å². The molecular weight excluding hydrogens is 202 g/mol. The molecule has 1 rings (SSSR count). The second-order valence-electron chi connectivity index (χ2n) is 3.12. The first-order valence-corrected chi connectivity index (χ1v) is 4.62. The minimum atomic E-state index is -0.619. The Morgan fingerprint density at radius 3 is 2.71 bits per heavy atom. The second-order valence-corrected chi connectivity index (χ2v) is 3.53. The first-order chi connectivity index (χ1) is 6.50. The molecule has 3 nitrogen and oxygen atoms in total. The highest BCUT2D eigenvalue weighted by atomic mass is 35.5. The largest absolute Gasteiger partial charge is 0.425 e. The lowest BCUT2D eigenvalue weighted by molar-refractivity contribution is -0.135. The van der Waals surface area contributed by atoms with Crippen molar-refractivity contribution in [1.82, 2.24) is 0 Å². The summed E-state index contributed by atoms with van der Waals surface area (Å²) >= 11 is 5.81. The Morgan fingerprint density at radius 2 is 2.21 bits per heavy atom. The predicted molar refractivity (Wildman–Crippen MR) is 55.5 cm³/mol. The zero-order valence-electron chi connectivity index (χ0n) is 8.08. The van der Waals surface area contributed by atoms with Crippen molar-refractivity contribution in [2.24, 2.45) is 5.73 Å². The van der Waals surface area contributed by atoms with Crippen LogP contribution in [0.15, 0.2) is 18.2 Å². The van der Waals surface area contributed by atoms with Crippen LogP contribution in [-0.4, -0.2) is 12.0 Å². The van der Waals surface area contributed by atoms with Crippen molar-refractivity contribution in [3.05, 3.63) is 28.8 Å². The van der Waals surface area contributed by atoms with E-state index in [-0.39, 0.29) is 0 Å². The molecule has 0 amide bonds. The van der Waals surface area contributed by atoms with Gasteiger partial charge in [0.15, 0.2) is 0 Å². The molecule has 0 spiro atoms. The van der Waals surface area contributed by atoms with Gasteiger partial charge in [-0.05, 0) is 37.6 Å². The molecule has 0 aliphatic carbocycles. The summed E-state index contributed by atoms with van der Waals surface area (Å²) in [5.74, 6) is 0.0147. The van der Waals surface area contributed by atoms with Gasteiger partial charge in [-0.2, -0.15) is 0 Å². The van der Waals surface area contributed by atoms with E-state index >= 15 is 0 Å². The van der Waals surface area contributed by atoms with Gasteiger partial charge in [0, 0.05) is 5.02 Å². The van der Waals surface area contributed by atoms with Crippen LogP contribution in [0, 0.1) is 6.92 Å². The number of carbonyl (C=O) groups excluding carboxylic acids is 1. The summed E-state index contributed by atoms with van der Waals surface area (Å²) in [7, 11) is 0. The fraction of sp³-hybridized carbons (Fsp3) is 0.300. The molecule has 2 N–H and O–H groups in total. The molecule has 0 bridgehead atoms. The molecule has 0 radical (unpaired) electrons. The van der Waals surface area contributed by atoms with Crippen molar-refractivity contribution in [3.63, 3.8) is 0 Å². The molecule has 4 heteroatoms.